The predicted octanol–water partition coefficient (Wildman–Crippen LogP) is 2.64. The Morgan fingerprint density at radius 3 is 2.80 bits per heavy atom. The lowest BCUT2D eigenvalue weighted by molar-refractivity contribution is -0.120. The fourth-order valence-electron chi connectivity index (χ4n) is 1.96. The molecular weight excluding hydrogens is 318 g/mol. The molecule has 0 aliphatic rings. The van der Waals surface area contributed by atoms with Crippen LogP contribution in [-0.2, 0) is 17.8 Å². The molecule has 1 aromatic heterocycles. The second-order valence-electron chi connectivity index (χ2n) is 4.97. The van der Waals surface area contributed by atoms with Crippen LogP contribution in [0.15, 0.2) is 47.5 Å². The van der Waals surface area contributed by atoms with Crippen LogP contribution >= 0.6 is 15.9 Å². The first-order valence-corrected chi connectivity index (χ1v) is 7.39. The summed E-state index contributed by atoms with van der Waals surface area (Å²) < 4.78 is 3.04. The van der Waals surface area contributed by atoms with Gasteiger partial charge in [-0.05, 0) is 23.6 Å². The third-order valence-corrected chi connectivity index (χ3v) is 3.54. The van der Waals surface area contributed by atoms with Gasteiger partial charge in [-0.1, -0.05) is 35.0 Å². The van der Waals surface area contributed by atoms with Gasteiger partial charge in [0.25, 0.3) is 0 Å². The first-order valence-electron chi connectivity index (χ1n) is 6.60. The molecular formula is C15H18BrN3O. The average molecular weight is 336 g/mol. The molecule has 2 aromatic rings. The standard InChI is InChI=1S/C15H18BrN3O/c1-12(10-19-7-6-17-11-19)9-18-15(20)8-13-2-4-14(16)5-3-13/h2-7,11-12H,8-10H2,1H3,(H,18,20)/t12-/m0/s1. The highest BCUT2D eigenvalue weighted by molar-refractivity contribution is 9.10. The number of halogens is 1. The molecule has 20 heavy (non-hydrogen) atoms. The van der Waals surface area contributed by atoms with Crippen molar-refractivity contribution in [1.29, 1.82) is 0 Å². The van der Waals surface area contributed by atoms with E-state index in [4.69, 9.17) is 0 Å². The summed E-state index contributed by atoms with van der Waals surface area (Å²) in [4.78, 5) is 15.9. The Hall–Kier alpha value is -1.62. The Kier molecular flexibility index (Phi) is 5.35. The van der Waals surface area contributed by atoms with Crippen molar-refractivity contribution in [1.82, 2.24) is 14.9 Å². The van der Waals surface area contributed by atoms with Crippen molar-refractivity contribution >= 4 is 21.8 Å². The van der Waals surface area contributed by atoms with E-state index in [0.29, 0.717) is 18.9 Å². The molecule has 0 fully saturated rings. The molecule has 106 valence electrons. The summed E-state index contributed by atoms with van der Waals surface area (Å²) in [6, 6.07) is 7.81. The number of carbonyl (C=O) groups excluding carboxylic acids is 1. The smallest absolute Gasteiger partial charge is 0.224 e. The van der Waals surface area contributed by atoms with Crippen LogP contribution in [-0.4, -0.2) is 22.0 Å². The van der Waals surface area contributed by atoms with E-state index in [-0.39, 0.29) is 5.91 Å². The van der Waals surface area contributed by atoms with Crippen molar-refractivity contribution in [3.05, 3.63) is 53.0 Å². The van der Waals surface area contributed by atoms with Gasteiger partial charge in [-0.25, -0.2) is 4.98 Å². The van der Waals surface area contributed by atoms with Gasteiger partial charge in [0, 0.05) is 30.0 Å². The Balaban J connectivity index is 1.73. The number of amides is 1. The van der Waals surface area contributed by atoms with Crippen LogP contribution in [0, 0.1) is 5.92 Å². The summed E-state index contributed by atoms with van der Waals surface area (Å²) in [7, 11) is 0. The molecule has 0 radical (unpaired) electrons. The van der Waals surface area contributed by atoms with Crippen LogP contribution < -0.4 is 5.32 Å². The summed E-state index contributed by atoms with van der Waals surface area (Å²) in [5.74, 6) is 0.433. The average Bonchev–Trinajstić information content (AvgIpc) is 2.92. The second-order valence-corrected chi connectivity index (χ2v) is 5.89. The van der Waals surface area contributed by atoms with Gasteiger partial charge in [0.15, 0.2) is 0 Å². The van der Waals surface area contributed by atoms with Crippen LogP contribution in [0.3, 0.4) is 0 Å². The van der Waals surface area contributed by atoms with Crippen LogP contribution in [0.4, 0.5) is 0 Å². The van der Waals surface area contributed by atoms with Crippen molar-refractivity contribution in [2.24, 2.45) is 5.92 Å². The van der Waals surface area contributed by atoms with Gasteiger partial charge in [-0.15, -0.1) is 0 Å². The van der Waals surface area contributed by atoms with Gasteiger partial charge in [0.2, 0.25) is 5.91 Å². The van der Waals surface area contributed by atoms with Crippen molar-refractivity contribution < 1.29 is 4.79 Å². The number of rotatable bonds is 6. The Morgan fingerprint density at radius 1 is 1.40 bits per heavy atom. The van der Waals surface area contributed by atoms with E-state index >= 15 is 0 Å². The highest BCUT2D eigenvalue weighted by Gasteiger charge is 2.07. The molecule has 0 unspecified atom stereocenters. The number of hydrogen-bond donors (Lipinski definition) is 1. The Labute approximate surface area is 127 Å². The Morgan fingerprint density at radius 2 is 2.15 bits per heavy atom. The van der Waals surface area contributed by atoms with E-state index in [1.165, 1.54) is 0 Å². The number of nitrogens with zero attached hydrogens (tertiary/aromatic N) is 2. The lowest BCUT2D eigenvalue weighted by Crippen LogP contribution is -2.31. The van der Waals surface area contributed by atoms with Gasteiger partial charge in [0.1, 0.15) is 0 Å². The minimum absolute atomic E-state index is 0.0600. The number of benzene rings is 1. The van der Waals surface area contributed by atoms with Crippen LogP contribution in [0.25, 0.3) is 0 Å². The fraction of sp³-hybridized carbons (Fsp3) is 0.333. The van der Waals surface area contributed by atoms with Gasteiger partial charge in [-0.2, -0.15) is 0 Å². The molecule has 2 rings (SSSR count). The molecule has 4 nitrogen and oxygen atoms in total. The molecule has 1 N–H and O–H groups in total. The topological polar surface area (TPSA) is 46.9 Å². The maximum Gasteiger partial charge on any atom is 0.224 e. The van der Waals surface area contributed by atoms with Crippen molar-refractivity contribution in [2.45, 2.75) is 19.9 Å². The predicted molar refractivity (Wildman–Crippen MR) is 82.2 cm³/mol. The lowest BCUT2D eigenvalue weighted by atomic mass is 10.1. The molecule has 1 heterocycles. The zero-order chi connectivity index (χ0) is 14.4. The van der Waals surface area contributed by atoms with E-state index in [1.54, 1.807) is 12.5 Å². The number of nitrogens with one attached hydrogen (secondary N) is 1. The maximum absolute atomic E-state index is 11.9. The molecule has 1 atom stereocenters. The summed E-state index contributed by atoms with van der Waals surface area (Å²) >= 11 is 3.38. The number of carbonyl (C=O) groups is 1. The quantitative estimate of drug-likeness (QED) is 0.882. The number of imidazole rings is 1. The highest BCUT2D eigenvalue weighted by atomic mass is 79.9. The minimum Gasteiger partial charge on any atom is -0.355 e. The Bertz CT molecular complexity index is 537. The zero-order valence-electron chi connectivity index (χ0n) is 11.4. The van der Waals surface area contributed by atoms with Crippen molar-refractivity contribution in [3.8, 4) is 0 Å². The van der Waals surface area contributed by atoms with E-state index in [0.717, 1.165) is 16.6 Å². The summed E-state index contributed by atoms with van der Waals surface area (Å²) in [5.41, 5.74) is 1.02. The summed E-state index contributed by atoms with van der Waals surface area (Å²) in [6.07, 6.45) is 5.91. The number of aromatic nitrogens is 2. The third-order valence-electron chi connectivity index (χ3n) is 3.01. The number of hydrogen-bond acceptors (Lipinski definition) is 2. The van der Waals surface area contributed by atoms with Crippen LogP contribution in [0.5, 0.6) is 0 Å². The normalized spacial score (nSPS) is 12.1. The minimum atomic E-state index is 0.0600. The van der Waals surface area contributed by atoms with E-state index < -0.39 is 0 Å². The SMILES string of the molecule is C[C@@H](CNC(=O)Cc1ccc(Br)cc1)Cn1ccnc1. The van der Waals surface area contributed by atoms with Gasteiger partial charge in [-0.3, -0.25) is 4.79 Å². The molecule has 0 spiro atoms. The third kappa shape index (κ3) is 4.81. The maximum atomic E-state index is 11.9. The zero-order valence-corrected chi connectivity index (χ0v) is 13.0. The molecule has 0 aliphatic carbocycles. The van der Waals surface area contributed by atoms with Crippen molar-refractivity contribution in [2.75, 3.05) is 6.54 Å². The van der Waals surface area contributed by atoms with E-state index in [1.807, 2.05) is 35.0 Å². The second kappa shape index (κ2) is 7.24. The first kappa shape index (κ1) is 14.8. The van der Waals surface area contributed by atoms with Crippen LogP contribution in [0.2, 0.25) is 0 Å². The van der Waals surface area contributed by atoms with Crippen molar-refractivity contribution in [3.63, 3.8) is 0 Å². The van der Waals surface area contributed by atoms with Gasteiger partial charge >= 0.3 is 0 Å². The fourth-order valence-corrected chi connectivity index (χ4v) is 2.22. The van der Waals surface area contributed by atoms with Gasteiger partial charge < -0.3 is 9.88 Å². The lowest BCUT2D eigenvalue weighted by Gasteiger charge is -2.13. The summed E-state index contributed by atoms with van der Waals surface area (Å²) in [5, 5.41) is 2.97. The molecule has 5 heteroatoms. The largest absolute Gasteiger partial charge is 0.355 e. The molecule has 0 saturated carbocycles. The van der Waals surface area contributed by atoms with Crippen LogP contribution in [0.1, 0.15) is 12.5 Å². The highest BCUT2D eigenvalue weighted by Crippen LogP contribution is 2.10. The molecule has 0 aliphatic heterocycles. The van der Waals surface area contributed by atoms with E-state index in [9.17, 15) is 4.79 Å². The molecule has 0 bridgehead atoms. The molecule has 1 aromatic carbocycles. The molecule has 0 saturated heterocycles. The summed E-state index contributed by atoms with van der Waals surface area (Å²) in [6.45, 7) is 3.64. The van der Waals surface area contributed by atoms with E-state index in [2.05, 4.69) is 33.2 Å². The molecule has 1 amide bonds. The first-order chi connectivity index (χ1) is 9.63. The van der Waals surface area contributed by atoms with Gasteiger partial charge in [0.05, 0.1) is 12.7 Å². The monoisotopic (exact) mass is 335 g/mol.